The van der Waals surface area contributed by atoms with E-state index in [9.17, 15) is 0 Å². The molecule has 0 amide bonds. The third-order valence-electron chi connectivity index (χ3n) is 2.38. The molecule has 2 rings (SSSR count). The summed E-state index contributed by atoms with van der Waals surface area (Å²) in [6.45, 7) is 3.85. The lowest BCUT2D eigenvalue weighted by Gasteiger charge is -2.14. The molecular formula is C10H13BrN2O. The van der Waals surface area contributed by atoms with Crippen molar-refractivity contribution in [3.05, 3.63) is 22.4 Å². The molecule has 14 heavy (non-hydrogen) atoms. The number of ether oxygens (including phenoxy) is 1. The molecule has 0 radical (unpaired) electrons. The van der Waals surface area contributed by atoms with E-state index >= 15 is 0 Å². The van der Waals surface area contributed by atoms with Crippen LogP contribution in [-0.4, -0.2) is 17.6 Å². The first-order valence-corrected chi connectivity index (χ1v) is 5.61. The number of pyridine rings is 1. The molecule has 0 unspecified atom stereocenters. The lowest BCUT2D eigenvalue weighted by molar-refractivity contribution is 0.201. The number of halogens is 1. The van der Waals surface area contributed by atoms with E-state index in [1.54, 1.807) is 6.20 Å². The van der Waals surface area contributed by atoms with E-state index in [0.717, 1.165) is 35.4 Å². The highest BCUT2D eigenvalue weighted by molar-refractivity contribution is 9.10. The van der Waals surface area contributed by atoms with Crippen LogP contribution in [0.2, 0.25) is 0 Å². The Hall–Kier alpha value is -0.610. The van der Waals surface area contributed by atoms with Gasteiger partial charge in [-0.1, -0.05) is 6.92 Å². The number of aromatic nitrogens is 1. The Morgan fingerprint density at radius 3 is 3.36 bits per heavy atom. The maximum atomic E-state index is 5.85. The molecule has 4 heteroatoms. The van der Waals surface area contributed by atoms with Gasteiger partial charge < -0.3 is 10.1 Å². The number of hydrogen-bond acceptors (Lipinski definition) is 3. The van der Waals surface area contributed by atoms with Gasteiger partial charge in [0.1, 0.15) is 16.5 Å². The summed E-state index contributed by atoms with van der Waals surface area (Å²) in [5, 5.41) is 3.35. The SMILES string of the molecule is CC[C@@H]1CNCc2c(ccnc2Br)O1. The van der Waals surface area contributed by atoms with Gasteiger partial charge in [0.15, 0.2) is 0 Å². The molecule has 0 fully saturated rings. The molecule has 0 aromatic carbocycles. The summed E-state index contributed by atoms with van der Waals surface area (Å²) in [6, 6.07) is 1.93. The molecule has 0 saturated heterocycles. The predicted molar refractivity (Wildman–Crippen MR) is 58.4 cm³/mol. The topological polar surface area (TPSA) is 34.2 Å². The number of nitrogens with zero attached hydrogens (tertiary/aromatic N) is 1. The molecule has 1 aromatic heterocycles. The standard InChI is InChI=1S/C10H13BrN2O/c1-2-7-5-12-6-8-9(14-7)3-4-13-10(8)11/h3-4,7,12H,2,5-6H2,1H3/t7-/m1/s1. The fraction of sp³-hybridized carbons (Fsp3) is 0.500. The van der Waals surface area contributed by atoms with E-state index in [1.165, 1.54) is 0 Å². The minimum atomic E-state index is 0.269. The van der Waals surface area contributed by atoms with E-state index in [4.69, 9.17) is 4.74 Å². The molecule has 0 saturated carbocycles. The van der Waals surface area contributed by atoms with Crippen LogP contribution < -0.4 is 10.1 Å². The van der Waals surface area contributed by atoms with Gasteiger partial charge in [-0.2, -0.15) is 0 Å². The quantitative estimate of drug-likeness (QED) is 0.782. The van der Waals surface area contributed by atoms with Gasteiger partial charge in [-0.15, -0.1) is 0 Å². The van der Waals surface area contributed by atoms with Crippen molar-refractivity contribution in [2.24, 2.45) is 0 Å². The molecule has 3 nitrogen and oxygen atoms in total. The monoisotopic (exact) mass is 256 g/mol. The van der Waals surface area contributed by atoms with Gasteiger partial charge in [-0.3, -0.25) is 0 Å². The van der Waals surface area contributed by atoms with Gasteiger partial charge in [-0.25, -0.2) is 4.98 Å². The van der Waals surface area contributed by atoms with E-state index in [2.05, 4.69) is 33.2 Å². The molecule has 1 atom stereocenters. The van der Waals surface area contributed by atoms with Crippen LogP contribution in [0.15, 0.2) is 16.9 Å². The van der Waals surface area contributed by atoms with E-state index in [0.29, 0.717) is 0 Å². The zero-order chi connectivity index (χ0) is 9.97. The Bertz CT molecular complexity index is 330. The fourth-order valence-electron chi connectivity index (χ4n) is 1.53. The zero-order valence-corrected chi connectivity index (χ0v) is 9.67. The van der Waals surface area contributed by atoms with Crippen molar-refractivity contribution in [2.45, 2.75) is 26.0 Å². The highest BCUT2D eigenvalue weighted by atomic mass is 79.9. The molecule has 0 spiro atoms. The van der Waals surface area contributed by atoms with Crippen molar-refractivity contribution < 1.29 is 4.74 Å². The van der Waals surface area contributed by atoms with Gasteiger partial charge in [0, 0.05) is 24.8 Å². The first kappa shape index (κ1) is 9.93. The summed E-state index contributed by atoms with van der Waals surface area (Å²) >= 11 is 3.43. The maximum absolute atomic E-state index is 5.85. The van der Waals surface area contributed by atoms with Crippen molar-refractivity contribution in [3.8, 4) is 5.75 Å². The highest BCUT2D eigenvalue weighted by Crippen LogP contribution is 2.27. The number of nitrogens with one attached hydrogen (secondary N) is 1. The van der Waals surface area contributed by atoms with Crippen molar-refractivity contribution in [3.63, 3.8) is 0 Å². The van der Waals surface area contributed by atoms with Crippen LogP contribution in [0.4, 0.5) is 0 Å². The molecule has 2 heterocycles. The lowest BCUT2D eigenvalue weighted by atomic mass is 10.2. The third kappa shape index (κ3) is 1.91. The van der Waals surface area contributed by atoms with Crippen molar-refractivity contribution in [2.75, 3.05) is 6.54 Å². The average Bonchev–Trinajstić information content (AvgIpc) is 2.40. The molecular weight excluding hydrogens is 244 g/mol. The van der Waals surface area contributed by atoms with Crippen molar-refractivity contribution in [1.29, 1.82) is 0 Å². The summed E-state index contributed by atoms with van der Waals surface area (Å²) in [4.78, 5) is 4.18. The van der Waals surface area contributed by atoms with Crippen LogP contribution in [-0.2, 0) is 6.54 Å². The van der Waals surface area contributed by atoms with Crippen molar-refractivity contribution >= 4 is 15.9 Å². The maximum Gasteiger partial charge on any atom is 0.128 e. The molecule has 1 aromatic rings. The van der Waals surface area contributed by atoms with Gasteiger partial charge in [-0.05, 0) is 28.4 Å². The first-order chi connectivity index (χ1) is 6.81. The minimum Gasteiger partial charge on any atom is -0.489 e. The minimum absolute atomic E-state index is 0.269. The third-order valence-corrected chi connectivity index (χ3v) is 3.07. The van der Waals surface area contributed by atoms with Gasteiger partial charge in [0.2, 0.25) is 0 Å². The Morgan fingerprint density at radius 1 is 1.71 bits per heavy atom. The molecule has 76 valence electrons. The highest BCUT2D eigenvalue weighted by Gasteiger charge is 2.17. The van der Waals surface area contributed by atoms with Crippen LogP contribution in [0, 0.1) is 0 Å². The molecule has 1 aliphatic rings. The largest absolute Gasteiger partial charge is 0.489 e. The van der Waals surface area contributed by atoms with Crippen LogP contribution in [0.3, 0.4) is 0 Å². The Labute approximate surface area is 92.0 Å². The second-order valence-corrected chi connectivity index (χ2v) is 4.11. The Balaban J connectivity index is 2.32. The van der Waals surface area contributed by atoms with E-state index < -0.39 is 0 Å². The van der Waals surface area contributed by atoms with Crippen molar-refractivity contribution in [1.82, 2.24) is 10.3 Å². The number of fused-ring (bicyclic) bond motifs is 1. The van der Waals surface area contributed by atoms with Crippen LogP contribution in [0.25, 0.3) is 0 Å². The predicted octanol–water partition coefficient (Wildman–Crippen LogP) is 2.10. The molecule has 1 N–H and O–H groups in total. The second-order valence-electron chi connectivity index (χ2n) is 3.36. The second kappa shape index (κ2) is 4.28. The lowest BCUT2D eigenvalue weighted by Crippen LogP contribution is -2.27. The normalized spacial score (nSPS) is 20.9. The summed E-state index contributed by atoms with van der Waals surface area (Å²) < 4.78 is 6.73. The fourth-order valence-corrected chi connectivity index (χ4v) is 1.98. The van der Waals surface area contributed by atoms with E-state index in [-0.39, 0.29) is 6.10 Å². The first-order valence-electron chi connectivity index (χ1n) is 4.82. The Kier molecular flexibility index (Phi) is 3.03. The Morgan fingerprint density at radius 2 is 2.57 bits per heavy atom. The van der Waals surface area contributed by atoms with Crippen LogP contribution >= 0.6 is 15.9 Å². The molecule has 0 aliphatic carbocycles. The van der Waals surface area contributed by atoms with Crippen LogP contribution in [0.1, 0.15) is 18.9 Å². The van der Waals surface area contributed by atoms with Gasteiger partial charge >= 0.3 is 0 Å². The summed E-state index contributed by atoms with van der Waals surface area (Å²) in [6.07, 6.45) is 3.05. The number of rotatable bonds is 1. The summed E-state index contributed by atoms with van der Waals surface area (Å²) in [5.74, 6) is 0.948. The number of hydrogen-bond donors (Lipinski definition) is 1. The smallest absolute Gasteiger partial charge is 0.128 e. The summed E-state index contributed by atoms with van der Waals surface area (Å²) in [5.41, 5.74) is 1.11. The average molecular weight is 257 g/mol. The summed E-state index contributed by atoms with van der Waals surface area (Å²) in [7, 11) is 0. The zero-order valence-electron chi connectivity index (χ0n) is 8.09. The molecule has 1 aliphatic heterocycles. The van der Waals surface area contributed by atoms with E-state index in [1.807, 2.05) is 6.07 Å². The van der Waals surface area contributed by atoms with Gasteiger partial charge in [0.05, 0.1) is 0 Å². The van der Waals surface area contributed by atoms with Gasteiger partial charge in [0.25, 0.3) is 0 Å². The van der Waals surface area contributed by atoms with Crippen LogP contribution in [0.5, 0.6) is 5.75 Å². The molecule has 0 bridgehead atoms.